The molecule has 0 fully saturated rings. The summed E-state index contributed by atoms with van der Waals surface area (Å²) in [7, 11) is 3.62. The molecular formula is C14H23FN2O. The maximum atomic E-state index is 13.2. The van der Waals surface area contributed by atoms with Gasteiger partial charge < -0.3 is 15.4 Å². The number of ether oxygens (including phenoxy) is 1. The van der Waals surface area contributed by atoms with Gasteiger partial charge in [0.15, 0.2) is 0 Å². The minimum Gasteiger partial charge on any atom is -0.496 e. The van der Waals surface area contributed by atoms with Crippen molar-refractivity contribution in [3.05, 3.63) is 29.6 Å². The summed E-state index contributed by atoms with van der Waals surface area (Å²) in [4.78, 5) is 2.15. The molecule has 0 heterocycles. The Morgan fingerprint density at radius 1 is 1.44 bits per heavy atom. The molecule has 1 aromatic carbocycles. The number of rotatable bonds is 7. The molecule has 4 heteroatoms. The van der Waals surface area contributed by atoms with E-state index in [1.807, 2.05) is 7.05 Å². The van der Waals surface area contributed by atoms with Crippen LogP contribution in [-0.4, -0.2) is 32.1 Å². The van der Waals surface area contributed by atoms with Crippen LogP contribution in [0.5, 0.6) is 5.75 Å². The summed E-state index contributed by atoms with van der Waals surface area (Å²) in [6, 6.07) is 4.61. The van der Waals surface area contributed by atoms with Crippen LogP contribution in [0.25, 0.3) is 0 Å². The quantitative estimate of drug-likeness (QED) is 0.811. The number of benzene rings is 1. The molecule has 0 saturated carbocycles. The molecule has 18 heavy (non-hydrogen) atoms. The largest absolute Gasteiger partial charge is 0.496 e. The molecule has 1 aromatic rings. The predicted octanol–water partition coefficient (Wildman–Crippen LogP) is 2.25. The second-order valence-electron chi connectivity index (χ2n) is 4.66. The van der Waals surface area contributed by atoms with E-state index in [1.165, 1.54) is 12.1 Å². The van der Waals surface area contributed by atoms with Crippen LogP contribution in [0.15, 0.2) is 18.2 Å². The predicted molar refractivity (Wildman–Crippen MR) is 72.1 cm³/mol. The zero-order chi connectivity index (χ0) is 13.5. The van der Waals surface area contributed by atoms with Crippen LogP contribution >= 0.6 is 0 Å². The van der Waals surface area contributed by atoms with Gasteiger partial charge in [0, 0.05) is 18.7 Å². The van der Waals surface area contributed by atoms with E-state index in [-0.39, 0.29) is 5.82 Å². The summed E-state index contributed by atoms with van der Waals surface area (Å²) < 4.78 is 18.5. The fourth-order valence-electron chi connectivity index (χ4n) is 2.04. The number of nitrogens with zero attached hydrogens (tertiary/aromatic N) is 1. The minimum atomic E-state index is -0.231. The van der Waals surface area contributed by atoms with Gasteiger partial charge in [-0.15, -0.1) is 0 Å². The highest BCUT2D eigenvalue weighted by Gasteiger charge is 2.11. The lowest BCUT2D eigenvalue weighted by atomic mass is 10.1. The Bertz CT molecular complexity index is 367. The molecule has 0 aliphatic heterocycles. The van der Waals surface area contributed by atoms with Gasteiger partial charge in [0.2, 0.25) is 0 Å². The Morgan fingerprint density at radius 3 is 2.72 bits per heavy atom. The molecule has 1 atom stereocenters. The van der Waals surface area contributed by atoms with Crippen molar-refractivity contribution < 1.29 is 9.13 Å². The monoisotopic (exact) mass is 254 g/mol. The van der Waals surface area contributed by atoms with Gasteiger partial charge >= 0.3 is 0 Å². The first kappa shape index (κ1) is 14.9. The molecule has 0 amide bonds. The highest BCUT2D eigenvalue weighted by molar-refractivity contribution is 5.33. The van der Waals surface area contributed by atoms with Crippen LogP contribution < -0.4 is 10.5 Å². The Labute approximate surface area is 109 Å². The van der Waals surface area contributed by atoms with Gasteiger partial charge in [-0.05, 0) is 37.7 Å². The Morgan fingerprint density at radius 2 is 2.17 bits per heavy atom. The molecule has 0 spiro atoms. The fraction of sp³-hybridized carbons (Fsp3) is 0.571. The third kappa shape index (κ3) is 4.27. The molecule has 0 bridgehead atoms. The number of halogens is 1. The Hall–Kier alpha value is -1.13. The summed E-state index contributed by atoms with van der Waals surface area (Å²) in [5.74, 6) is 0.976. The third-order valence-corrected chi connectivity index (χ3v) is 3.16. The Kier molecular flexibility index (Phi) is 6.09. The highest BCUT2D eigenvalue weighted by Crippen LogP contribution is 2.21. The van der Waals surface area contributed by atoms with Crippen molar-refractivity contribution in [1.82, 2.24) is 4.90 Å². The second kappa shape index (κ2) is 7.34. The number of hydrogen-bond donors (Lipinski definition) is 1. The molecule has 3 nitrogen and oxygen atoms in total. The van der Waals surface area contributed by atoms with Gasteiger partial charge in [0.05, 0.1) is 7.11 Å². The molecule has 0 aliphatic carbocycles. The zero-order valence-corrected chi connectivity index (χ0v) is 11.4. The highest BCUT2D eigenvalue weighted by atomic mass is 19.1. The average molecular weight is 254 g/mol. The van der Waals surface area contributed by atoms with Crippen molar-refractivity contribution in [2.75, 3.05) is 27.2 Å². The van der Waals surface area contributed by atoms with E-state index >= 15 is 0 Å². The summed E-state index contributed by atoms with van der Waals surface area (Å²) in [5.41, 5.74) is 6.56. The van der Waals surface area contributed by atoms with Crippen molar-refractivity contribution in [1.29, 1.82) is 0 Å². The normalized spacial score (nSPS) is 12.8. The van der Waals surface area contributed by atoms with E-state index in [2.05, 4.69) is 11.8 Å². The number of nitrogens with two attached hydrogens (primary N) is 1. The van der Waals surface area contributed by atoms with Gasteiger partial charge in [0.25, 0.3) is 0 Å². The van der Waals surface area contributed by atoms with Crippen LogP contribution in [-0.2, 0) is 6.54 Å². The van der Waals surface area contributed by atoms with E-state index in [0.717, 1.165) is 24.3 Å². The van der Waals surface area contributed by atoms with Gasteiger partial charge in [-0.2, -0.15) is 0 Å². The summed E-state index contributed by atoms with van der Waals surface area (Å²) in [6.07, 6.45) is 1.06. The number of hydrogen-bond acceptors (Lipinski definition) is 3. The molecule has 1 rings (SSSR count). The maximum Gasteiger partial charge on any atom is 0.123 e. The van der Waals surface area contributed by atoms with Crippen LogP contribution in [0.2, 0.25) is 0 Å². The van der Waals surface area contributed by atoms with Crippen LogP contribution in [0.4, 0.5) is 4.39 Å². The zero-order valence-electron chi connectivity index (χ0n) is 11.4. The SMILES string of the molecule is CCC(CN)CN(C)Cc1cc(F)ccc1OC. The molecule has 2 N–H and O–H groups in total. The minimum absolute atomic E-state index is 0.231. The summed E-state index contributed by atoms with van der Waals surface area (Å²) >= 11 is 0. The van der Waals surface area contributed by atoms with Crippen LogP contribution in [0.1, 0.15) is 18.9 Å². The lowest BCUT2D eigenvalue weighted by Crippen LogP contribution is -2.29. The van der Waals surface area contributed by atoms with Gasteiger partial charge in [0.1, 0.15) is 11.6 Å². The molecule has 0 aliphatic rings. The Balaban J connectivity index is 2.68. The van der Waals surface area contributed by atoms with Gasteiger partial charge in [-0.3, -0.25) is 0 Å². The van der Waals surface area contributed by atoms with Gasteiger partial charge in [-0.1, -0.05) is 13.3 Å². The molecule has 1 unspecified atom stereocenters. The lowest BCUT2D eigenvalue weighted by molar-refractivity contribution is 0.263. The van der Waals surface area contributed by atoms with Crippen molar-refractivity contribution in [2.45, 2.75) is 19.9 Å². The first-order valence-corrected chi connectivity index (χ1v) is 6.31. The first-order valence-electron chi connectivity index (χ1n) is 6.31. The van der Waals surface area contributed by atoms with Gasteiger partial charge in [-0.25, -0.2) is 4.39 Å². The van der Waals surface area contributed by atoms with Crippen molar-refractivity contribution in [3.63, 3.8) is 0 Å². The molecule has 0 aromatic heterocycles. The first-order chi connectivity index (χ1) is 8.60. The van der Waals surface area contributed by atoms with Crippen LogP contribution in [0, 0.1) is 11.7 Å². The van der Waals surface area contributed by atoms with E-state index in [9.17, 15) is 4.39 Å². The number of methoxy groups -OCH3 is 1. The third-order valence-electron chi connectivity index (χ3n) is 3.16. The smallest absolute Gasteiger partial charge is 0.123 e. The second-order valence-corrected chi connectivity index (χ2v) is 4.66. The summed E-state index contributed by atoms with van der Waals surface area (Å²) in [5, 5.41) is 0. The van der Waals surface area contributed by atoms with E-state index in [4.69, 9.17) is 10.5 Å². The van der Waals surface area contributed by atoms with E-state index in [1.54, 1.807) is 13.2 Å². The lowest BCUT2D eigenvalue weighted by Gasteiger charge is -2.23. The topological polar surface area (TPSA) is 38.5 Å². The summed E-state index contributed by atoms with van der Waals surface area (Å²) in [6.45, 7) is 4.39. The van der Waals surface area contributed by atoms with Crippen molar-refractivity contribution in [3.8, 4) is 5.75 Å². The van der Waals surface area contributed by atoms with E-state index < -0.39 is 0 Å². The van der Waals surface area contributed by atoms with Crippen molar-refractivity contribution >= 4 is 0 Å². The fourth-order valence-corrected chi connectivity index (χ4v) is 2.04. The van der Waals surface area contributed by atoms with E-state index in [0.29, 0.717) is 19.0 Å². The molecular weight excluding hydrogens is 231 g/mol. The molecule has 102 valence electrons. The standard InChI is InChI=1S/C14H23FN2O/c1-4-11(8-16)9-17(2)10-12-7-13(15)5-6-14(12)18-3/h5-7,11H,4,8-10,16H2,1-3H3. The van der Waals surface area contributed by atoms with Crippen LogP contribution in [0.3, 0.4) is 0 Å². The maximum absolute atomic E-state index is 13.2. The van der Waals surface area contributed by atoms with Crippen molar-refractivity contribution in [2.24, 2.45) is 11.7 Å². The molecule has 0 radical (unpaired) electrons. The average Bonchev–Trinajstić information content (AvgIpc) is 2.36. The molecule has 0 saturated heterocycles.